The molecule has 2 amide bonds. The molecule has 2 aromatic rings. The molecule has 1 aromatic carbocycles. The molecule has 2 heterocycles. The van der Waals surface area contributed by atoms with Crippen LogP contribution >= 0.6 is 0 Å². The lowest BCUT2D eigenvalue weighted by atomic mass is 10.1. The van der Waals surface area contributed by atoms with Crippen LogP contribution in [0.5, 0.6) is 0 Å². The van der Waals surface area contributed by atoms with Crippen LogP contribution in [0.15, 0.2) is 42.6 Å². The van der Waals surface area contributed by atoms with E-state index in [1.807, 2.05) is 36.2 Å². The molecule has 0 unspecified atom stereocenters. The second-order valence-electron chi connectivity index (χ2n) is 7.20. The molecule has 1 N–H and O–H groups in total. The average molecular weight is 396 g/mol. The third kappa shape index (κ3) is 5.12. The molecule has 1 saturated heterocycles. The molecule has 1 aliphatic rings. The van der Waals surface area contributed by atoms with Gasteiger partial charge in [-0.2, -0.15) is 0 Å². The van der Waals surface area contributed by atoms with E-state index in [4.69, 9.17) is 0 Å². The van der Waals surface area contributed by atoms with E-state index in [9.17, 15) is 9.59 Å². The summed E-state index contributed by atoms with van der Waals surface area (Å²) in [7, 11) is 2.05. The van der Waals surface area contributed by atoms with Crippen LogP contribution in [-0.4, -0.2) is 72.9 Å². The van der Waals surface area contributed by atoms with Crippen molar-refractivity contribution in [1.29, 1.82) is 0 Å². The number of hydrogen-bond acceptors (Lipinski definition) is 5. The minimum Gasteiger partial charge on any atom is -0.372 e. The monoisotopic (exact) mass is 395 g/mol. The Morgan fingerprint density at radius 2 is 1.69 bits per heavy atom. The number of nitrogens with one attached hydrogen (secondary N) is 1. The quantitative estimate of drug-likeness (QED) is 0.814. The van der Waals surface area contributed by atoms with Gasteiger partial charge in [0.05, 0.1) is 0 Å². The van der Waals surface area contributed by atoms with Crippen LogP contribution in [0.4, 0.5) is 11.4 Å². The first-order chi connectivity index (χ1) is 14.0. The normalized spacial score (nSPS) is 14.5. The van der Waals surface area contributed by atoms with E-state index in [0.29, 0.717) is 24.3 Å². The Balaban J connectivity index is 1.67. The van der Waals surface area contributed by atoms with E-state index in [1.54, 1.807) is 12.1 Å². The maximum atomic E-state index is 12.7. The molecule has 1 fully saturated rings. The van der Waals surface area contributed by atoms with Gasteiger partial charge in [0.15, 0.2) is 0 Å². The Labute approximate surface area is 172 Å². The summed E-state index contributed by atoms with van der Waals surface area (Å²) in [6, 6.07) is 11.0. The lowest BCUT2D eigenvalue weighted by molar-refractivity contribution is 0.0664. The predicted molar refractivity (Wildman–Crippen MR) is 116 cm³/mol. The van der Waals surface area contributed by atoms with Crippen molar-refractivity contribution in [2.45, 2.75) is 13.8 Å². The molecule has 0 atom stereocenters. The number of carbonyl (C=O) groups is 2. The number of benzene rings is 1. The Morgan fingerprint density at radius 1 is 1.03 bits per heavy atom. The van der Waals surface area contributed by atoms with Gasteiger partial charge in [0.25, 0.3) is 11.8 Å². The highest BCUT2D eigenvalue weighted by atomic mass is 16.2. The highest BCUT2D eigenvalue weighted by Gasteiger charge is 2.21. The number of piperazine rings is 1. The summed E-state index contributed by atoms with van der Waals surface area (Å²) in [6.45, 7) is 9.18. The zero-order chi connectivity index (χ0) is 20.8. The first-order valence-electron chi connectivity index (χ1n) is 10.1. The summed E-state index contributed by atoms with van der Waals surface area (Å²) in [5, 5.41) is 2.86. The molecule has 0 aliphatic carbocycles. The van der Waals surface area contributed by atoms with Crippen LogP contribution in [0, 0.1) is 0 Å². The summed E-state index contributed by atoms with van der Waals surface area (Å²) in [6.07, 6.45) is 1.52. The van der Waals surface area contributed by atoms with Crippen molar-refractivity contribution in [1.82, 2.24) is 14.8 Å². The van der Waals surface area contributed by atoms with E-state index < -0.39 is 0 Å². The number of likely N-dealkylation sites (N-methyl/N-ethyl adjacent to an activating group) is 1. The number of rotatable bonds is 6. The molecule has 3 rings (SSSR count). The molecule has 7 nitrogen and oxygen atoms in total. The van der Waals surface area contributed by atoms with Gasteiger partial charge >= 0.3 is 0 Å². The maximum absolute atomic E-state index is 12.7. The first kappa shape index (κ1) is 20.8. The van der Waals surface area contributed by atoms with Gasteiger partial charge in [-0.3, -0.25) is 14.6 Å². The molecule has 29 heavy (non-hydrogen) atoms. The second kappa shape index (κ2) is 9.52. The SMILES string of the molecule is CCN(CC)c1ccc(NC(=O)c2cc(C(=O)N3CCN(C)CC3)ccn2)cc1. The molecule has 0 bridgehead atoms. The van der Waals surface area contributed by atoms with Gasteiger partial charge in [0.2, 0.25) is 0 Å². The number of pyridine rings is 1. The molecule has 0 radical (unpaired) electrons. The fourth-order valence-electron chi connectivity index (χ4n) is 3.42. The maximum Gasteiger partial charge on any atom is 0.274 e. The van der Waals surface area contributed by atoms with Crippen LogP contribution in [0.1, 0.15) is 34.7 Å². The zero-order valence-electron chi connectivity index (χ0n) is 17.4. The molecule has 154 valence electrons. The van der Waals surface area contributed by atoms with E-state index in [-0.39, 0.29) is 17.5 Å². The zero-order valence-corrected chi connectivity index (χ0v) is 17.4. The molecule has 1 aromatic heterocycles. The van der Waals surface area contributed by atoms with Gasteiger partial charge in [-0.15, -0.1) is 0 Å². The summed E-state index contributed by atoms with van der Waals surface area (Å²) in [4.78, 5) is 35.8. The van der Waals surface area contributed by atoms with E-state index in [2.05, 4.69) is 33.9 Å². The Bertz CT molecular complexity index is 841. The molecule has 7 heteroatoms. The van der Waals surface area contributed by atoms with Crippen molar-refractivity contribution >= 4 is 23.2 Å². The van der Waals surface area contributed by atoms with Gasteiger partial charge < -0.3 is 20.0 Å². The van der Waals surface area contributed by atoms with Gasteiger partial charge in [-0.1, -0.05) is 0 Å². The molecular weight excluding hydrogens is 366 g/mol. The Morgan fingerprint density at radius 3 is 2.31 bits per heavy atom. The van der Waals surface area contributed by atoms with Crippen LogP contribution in [0.25, 0.3) is 0 Å². The van der Waals surface area contributed by atoms with Crippen molar-refractivity contribution in [3.8, 4) is 0 Å². The van der Waals surface area contributed by atoms with Crippen LogP contribution in [0.3, 0.4) is 0 Å². The number of nitrogens with zero attached hydrogens (tertiary/aromatic N) is 4. The molecule has 0 spiro atoms. The molecule has 0 saturated carbocycles. The number of hydrogen-bond donors (Lipinski definition) is 1. The number of amides is 2. The lowest BCUT2D eigenvalue weighted by Crippen LogP contribution is -2.47. The van der Waals surface area contributed by atoms with Crippen molar-refractivity contribution in [2.75, 3.05) is 56.5 Å². The van der Waals surface area contributed by atoms with Gasteiger partial charge in [0, 0.05) is 62.4 Å². The average Bonchev–Trinajstić information content (AvgIpc) is 2.76. The van der Waals surface area contributed by atoms with Crippen molar-refractivity contribution in [2.24, 2.45) is 0 Å². The predicted octanol–water partition coefficient (Wildman–Crippen LogP) is 2.57. The fraction of sp³-hybridized carbons (Fsp3) is 0.409. The number of carbonyl (C=O) groups excluding carboxylic acids is 2. The van der Waals surface area contributed by atoms with Crippen molar-refractivity contribution in [3.05, 3.63) is 53.9 Å². The summed E-state index contributed by atoms with van der Waals surface area (Å²) in [5.41, 5.74) is 2.54. The van der Waals surface area contributed by atoms with Crippen LogP contribution in [-0.2, 0) is 0 Å². The van der Waals surface area contributed by atoms with Crippen molar-refractivity contribution < 1.29 is 9.59 Å². The summed E-state index contributed by atoms with van der Waals surface area (Å²) in [5.74, 6) is -0.383. The fourth-order valence-corrected chi connectivity index (χ4v) is 3.42. The Hall–Kier alpha value is -2.93. The standard InChI is InChI=1S/C22H29N5O2/c1-4-26(5-2)19-8-6-18(7-9-19)24-21(28)20-16-17(10-11-23-20)22(29)27-14-12-25(3)13-15-27/h6-11,16H,4-5,12-15H2,1-3H3,(H,24,28). The highest BCUT2D eigenvalue weighted by Crippen LogP contribution is 2.18. The summed E-state index contributed by atoms with van der Waals surface area (Å²) < 4.78 is 0. The first-order valence-corrected chi connectivity index (χ1v) is 10.1. The third-order valence-electron chi connectivity index (χ3n) is 5.28. The lowest BCUT2D eigenvalue weighted by Gasteiger charge is -2.32. The Kier molecular flexibility index (Phi) is 6.82. The largest absolute Gasteiger partial charge is 0.372 e. The smallest absolute Gasteiger partial charge is 0.274 e. The van der Waals surface area contributed by atoms with Crippen LogP contribution < -0.4 is 10.2 Å². The summed E-state index contributed by atoms with van der Waals surface area (Å²) >= 11 is 0. The van der Waals surface area contributed by atoms with Crippen LogP contribution in [0.2, 0.25) is 0 Å². The van der Waals surface area contributed by atoms with E-state index in [0.717, 1.165) is 31.9 Å². The van der Waals surface area contributed by atoms with Gasteiger partial charge in [0.1, 0.15) is 5.69 Å². The molecule has 1 aliphatic heterocycles. The number of aromatic nitrogens is 1. The second-order valence-corrected chi connectivity index (χ2v) is 7.20. The topological polar surface area (TPSA) is 68.8 Å². The minimum absolute atomic E-state index is 0.0573. The van der Waals surface area contributed by atoms with E-state index in [1.165, 1.54) is 6.20 Å². The number of anilines is 2. The van der Waals surface area contributed by atoms with E-state index >= 15 is 0 Å². The van der Waals surface area contributed by atoms with Gasteiger partial charge in [-0.05, 0) is 57.3 Å². The molecular formula is C22H29N5O2. The van der Waals surface area contributed by atoms with Gasteiger partial charge in [-0.25, -0.2) is 0 Å². The van der Waals surface area contributed by atoms with Crippen molar-refractivity contribution in [3.63, 3.8) is 0 Å². The highest BCUT2D eigenvalue weighted by molar-refractivity contribution is 6.04. The minimum atomic E-state index is -0.325. The third-order valence-corrected chi connectivity index (χ3v) is 5.28.